The van der Waals surface area contributed by atoms with E-state index >= 15 is 0 Å². The number of rotatable bonds is 4. The fourth-order valence-electron chi connectivity index (χ4n) is 2.22. The van der Waals surface area contributed by atoms with E-state index < -0.39 is 0 Å². The summed E-state index contributed by atoms with van der Waals surface area (Å²) in [5.41, 5.74) is 2.42. The van der Waals surface area contributed by atoms with Crippen molar-refractivity contribution >= 4 is 71.0 Å². The first kappa shape index (κ1) is 27.6. The summed E-state index contributed by atoms with van der Waals surface area (Å²) in [6.45, 7) is 0.485. The largest absolute Gasteiger partial charge is 0.505 e. The Morgan fingerprint density at radius 3 is 1.76 bits per heavy atom. The van der Waals surface area contributed by atoms with Crippen LogP contribution in [0.5, 0.6) is 11.5 Å². The van der Waals surface area contributed by atoms with Gasteiger partial charge in [-0.15, -0.1) is 0 Å². The number of halogens is 5. The summed E-state index contributed by atoms with van der Waals surface area (Å²) < 4.78 is 7.14. The SMILES string of the molecule is BrCc1ccccc1.Clc1ncc(Br)cc1OCc1ccccc1.Oc1cc(Br)cnc1Cl. The second kappa shape index (κ2) is 15.3. The molecule has 2 heterocycles. The van der Waals surface area contributed by atoms with Gasteiger partial charge in [0.2, 0.25) is 0 Å². The molecular weight excluding hydrogens is 659 g/mol. The van der Waals surface area contributed by atoms with Crippen LogP contribution in [-0.4, -0.2) is 15.1 Å². The van der Waals surface area contributed by atoms with Gasteiger partial charge in [0.15, 0.2) is 21.8 Å². The van der Waals surface area contributed by atoms with Gasteiger partial charge < -0.3 is 9.84 Å². The number of ether oxygens (including phenoxy) is 1. The number of alkyl halides is 1. The summed E-state index contributed by atoms with van der Waals surface area (Å²) in [5, 5.41) is 10.3. The van der Waals surface area contributed by atoms with E-state index in [0.717, 1.165) is 15.4 Å². The maximum atomic E-state index is 8.88. The Labute approximate surface area is 228 Å². The Balaban J connectivity index is 0.000000192. The van der Waals surface area contributed by atoms with Gasteiger partial charge in [-0.2, -0.15) is 0 Å². The normalized spacial score (nSPS) is 9.73. The van der Waals surface area contributed by atoms with Gasteiger partial charge in [-0.3, -0.25) is 0 Å². The lowest BCUT2D eigenvalue weighted by atomic mass is 10.2. The number of benzene rings is 2. The molecule has 2 aromatic carbocycles. The van der Waals surface area contributed by atoms with Crippen molar-refractivity contribution in [2.45, 2.75) is 11.9 Å². The summed E-state index contributed by atoms with van der Waals surface area (Å²) in [7, 11) is 0. The molecule has 0 saturated heterocycles. The molecule has 0 spiro atoms. The molecule has 0 amide bonds. The van der Waals surface area contributed by atoms with Crippen LogP contribution >= 0.6 is 71.0 Å². The smallest absolute Gasteiger partial charge is 0.171 e. The highest BCUT2D eigenvalue weighted by molar-refractivity contribution is 9.10. The quantitative estimate of drug-likeness (QED) is 0.173. The van der Waals surface area contributed by atoms with E-state index in [0.29, 0.717) is 22.0 Å². The van der Waals surface area contributed by atoms with Crippen LogP contribution in [0, 0.1) is 0 Å². The predicted octanol–water partition coefficient (Wildman–Crippen LogP) is 8.86. The Hall–Kier alpha value is -1.64. The molecule has 0 aliphatic heterocycles. The van der Waals surface area contributed by atoms with Gasteiger partial charge in [0.05, 0.1) is 0 Å². The first-order chi connectivity index (χ1) is 15.9. The van der Waals surface area contributed by atoms with Gasteiger partial charge in [0.1, 0.15) is 6.61 Å². The summed E-state index contributed by atoms with van der Waals surface area (Å²) >= 11 is 21.1. The third-order valence-corrected chi connectivity index (χ3v) is 5.88. The number of pyridine rings is 2. The fraction of sp³-hybridized carbons (Fsp3) is 0.0833. The van der Waals surface area contributed by atoms with Crippen molar-refractivity contribution in [1.82, 2.24) is 9.97 Å². The van der Waals surface area contributed by atoms with Crippen molar-refractivity contribution in [3.8, 4) is 11.5 Å². The molecule has 2 aromatic heterocycles. The number of nitrogens with zero attached hydrogens (tertiary/aromatic N) is 2. The van der Waals surface area contributed by atoms with Crippen LogP contribution in [0.2, 0.25) is 10.3 Å². The molecule has 0 atom stereocenters. The van der Waals surface area contributed by atoms with Gasteiger partial charge >= 0.3 is 0 Å². The molecule has 0 radical (unpaired) electrons. The van der Waals surface area contributed by atoms with Gasteiger partial charge in [-0.1, -0.05) is 99.8 Å². The Kier molecular flexibility index (Phi) is 12.8. The Bertz CT molecular complexity index is 1120. The molecule has 172 valence electrons. The van der Waals surface area contributed by atoms with Crippen LogP contribution in [-0.2, 0) is 11.9 Å². The van der Waals surface area contributed by atoms with Crippen molar-refractivity contribution < 1.29 is 9.84 Å². The van der Waals surface area contributed by atoms with Gasteiger partial charge in [-0.25, -0.2) is 9.97 Å². The van der Waals surface area contributed by atoms with Crippen LogP contribution in [0.25, 0.3) is 0 Å². The van der Waals surface area contributed by atoms with Gasteiger partial charge in [0.25, 0.3) is 0 Å². The Morgan fingerprint density at radius 1 is 0.758 bits per heavy atom. The van der Waals surface area contributed by atoms with Crippen molar-refractivity contribution in [2.24, 2.45) is 0 Å². The Morgan fingerprint density at radius 2 is 1.27 bits per heavy atom. The topological polar surface area (TPSA) is 55.2 Å². The summed E-state index contributed by atoms with van der Waals surface area (Å²) in [4.78, 5) is 7.63. The highest BCUT2D eigenvalue weighted by atomic mass is 79.9. The number of aromatic nitrogens is 2. The molecule has 4 nitrogen and oxygen atoms in total. The average molecular weight is 678 g/mol. The standard InChI is InChI=1S/C12H9BrClNO.C7H7Br.C5H3BrClNO/c13-10-6-11(12(14)15-7-10)16-8-9-4-2-1-3-5-9;8-6-7-4-2-1-3-5-7;6-3-1-4(9)5(7)8-2-3/h1-7H,8H2;1-5H,6H2;1-2,9H. The summed E-state index contributed by atoms with van der Waals surface area (Å²) in [6, 6.07) is 23.5. The molecule has 0 bridgehead atoms. The summed E-state index contributed by atoms with van der Waals surface area (Å²) in [6.07, 6.45) is 3.15. The number of aromatic hydroxyl groups is 1. The predicted molar refractivity (Wildman–Crippen MR) is 145 cm³/mol. The van der Waals surface area contributed by atoms with Gasteiger partial charge in [-0.05, 0) is 55.1 Å². The molecule has 1 N–H and O–H groups in total. The molecule has 0 aliphatic rings. The molecule has 0 unspecified atom stereocenters. The van der Waals surface area contributed by atoms with Crippen LogP contribution in [0.3, 0.4) is 0 Å². The lowest BCUT2D eigenvalue weighted by Gasteiger charge is -2.07. The van der Waals surface area contributed by atoms with Crippen LogP contribution < -0.4 is 4.74 Å². The third-order valence-electron chi connectivity index (χ3n) is 3.80. The van der Waals surface area contributed by atoms with E-state index in [1.807, 2.05) is 48.5 Å². The molecule has 9 heteroatoms. The zero-order valence-corrected chi connectivity index (χ0v) is 23.4. The monoisotopic (exact) mass is 674 g/mol. The second-order valence-corrected chi connectivity index (χ2v) is 9.41. The lowest BCUT2D eigenvalue weighted by molar-refractivity contribution is 0.305. The lowest BCUT2D eigenvalue weighted by Crippen LogP contribution is -1.96. The molecule has 0 saturated carbocycles. The minimum absolute atomic E-state index is 0.00829. The van der Waals surface area contributed by atoms with E-state index in [4.69, 9.17) is 33.0 Å². The number of hydrogen-bond donors (Lipinski definition) is 1. The van der Waals surface area contributed by atoms with Crippen LogP contribution in [0.4, 0.5) is 0 Å². The van der Waals surface area contributed by atoms with Crippen LogP contribution in [0.15, 0.2) is 94.1 Å². The van der Waals surface area contributed by atoms with E-state index in [2.05, 4.69) is 69.9 Å². The van der Waals surface area contributed by atoms with Crippen molar-refractivity contribution in [2.75, 3.05) is 0 Å². The first-order valence-electron chi connectivity index (χ1n) is 9.46. The van der Waals surface area contributed by atoms with E-state index in [9.17, 15) is 0 Å². The van der Waals surface area contributed by atoms with Gasteiger partial charge in [0, 0.05) is 26.7 Å². The zero-order chi connectivity index (χ0) is 24.1. The van der Waals surface area contributed by atoms with Crippen LogP contribution in [0.1, 0.15) is 11.1 Å². The molecular formula is C24H19Br3Cl2N2O2. The molecule has 33 heavy (non-hydrogen) atoms. The highest BCUT2D eigenvalue weighted by Gasteiger charge is 2.04. The van der Waals surface area contributed by atoms with Crippen molar-refractivity contribution in [3.05, 3.63) is 116 Å². The molecule has 4 rings (SSSR count). The third kappa shape index (κ3) is 10.9. The maximum absolute atomic E-state index is 8.88. The van der Waals surface area contributed by atoms with Crippen molar-refractivity contribution in [1.29, 1.82) is 0 Å². The minimum Gasteiger partial charge on any atom is -0.505 e. The van der Waals surface area contributed by atoms with Crippen molar-refractivity contribution in [3.63, 3.8) is 0 Å². The minimum atomic E-state index is -0.00829. The van der Waals surface area contributed by atoms with E-state index in [1.165, 1.54) is 17.8 Å². The maximum Gasteiger partial charge on any atom is 0.171 e. The van der Waals surface area contributed by atoms with E-state index in [1.54, 1.807) is 12.3 Å². The highest BCUT2D eigenvalue weighted by Crippen LogP contribution is 2.26. The molecule has 0 fully saturated rings. The second-order valence-electron chi connectivity index (χ2n) is 6.30. The summed E-state index contributed by atoms with van der Waals surface area (Å²) in [5.74, 6) is 0.575. The number of hydrogen-bond acceptors (Lipinski definition) is 4. The average Bonchev–Trinajstić information content (AvgIpc) is 2.84. The zero-order valence-electron chi connectivity index (χ0n) is 17.1. The molecule has 4 aromatic rings. The van der Waals surface area contributed by atoms with E-state index in [-0.39, 0.29) is 10.9 Å². The molecule has 0 aliphatic carbocycles. The fourth-order valence-corrected chi connectivity index (χ4v) is 3.48. The first-order valence-corrected chi connectivity index (χ1v) is 12.9.